The zero-order valence-corrected chi connectivity index (χ0v) is 4.90. The molecule has 0 aliphatic carbocycles. The first-order valence-electron chi connectivity index (χ1n) is 2.45. The first-order chi connectivity index (χ1) is 3.13. The smallest absolute Gasteiger partial charge is 0.130 e. The Labute approximate surface area is 44.7 Å². The number of hydrogen-bond donors (Lipinski definition) is 0. The van der Waals surface area contributed by atoms with Gasteiger partial charge in [0, 0.05) is 6.42 Å². The maximum atomic E-state index is 10.2. The molecular weight excluding hydrogens is 88.1 g/mol. The average Bonchev–Trinajstić information content (AvgIpc) is 1.27. The summed E-state index contributed by atoms with van der Waals surface area (Å²) in [5, 5.41) is 0. The molecule has 1 nitrogen and oxygen atoms in total. The van der Waals surface area contributed by atoms with E-state index in [1.807, 2.05) is 6.92 Å². The molecule has 1 heteroatoms. The van der Waals surface area contributed by atoms with Gasteiger partial charge in [-0.05, 0) is 12.8 Å². The molecule has 0 saturated heterocycles. The van der Waals surface area contributed by atoms with Crippen molar-refractivity contribution in [1.29, 1.82) is 0 Å². The lowest BCUT2D eigenvalue weighted by atomic mass is 10.1. The highest BCUT2D eigenvalue weighted by molar-refractivity contribution is 5.75. The molecule has 41 valence electrons. The summed E-state index contributed by atoms with van der Waals surface area (Å²) in [6.45, 7) is 7.17. The lowest BCUT2D eigenvalue weighted by Gasteiger charge is -1.95. The summed E-state index contributed by atoms with van der Waals surface area (Å²) in [4.78, 5) is 10.2. The molecule has 0 N–H and O–H groups in total. The van der Waals surface area contributed by atoms with Crippen LogP contribution in [-0.2, 0) is 4.79 Å². The average molecular weight is 99.2 g/mol. The third-order valence-corrected chi connectivity index (χ3v) is 0.636. The molecule has 0 spiro atoms. The van der Waals surface area contributed by atoms with Crippen LogP contribution in [0.4, 0.5) is 0 Å². The van der Waals surface area contributed by atoms with Gasteiger partial charge in [0.05, 0.1) is 0 Å². The fourth-order valence-corrected chi connectivity index (χ4v) is 0.491. The van der Waals surface area contributed by atoms with Crippen LogP contribution in [0.3, 0.4) is 0 Å². The van der Waals surface area contributed by atoms with Crippen molar-refractivity contribution in [3.05, 3.63) is 6.92 Å². The normalized spacial score (nSPS) is 9.71. The van der Waals surface area contributed by atoms with E-state index in [9.17, 15) is 4.79 Å². The van der Waals surface area contributed by atoms with Gasteiger partial charge in [0.15, 0.2) is 0 Å². The monoisotopic (exact) mass is 99.1 g/mol. The van der Waals surface area contributed by atoms with Crippen molar-refractivity contribution in [3.8, 4) is 0 Å². The minimum absolute atomic E-state index is 0.225. The third-order valence-electron chi connectivity index (χ3n) is 0.636. The van der Waals surface area contributed by atoms with E-state index in [4.69, 9.17) is 0 Å². The molecule has 0 fully saturated rings. The molecule has 0 heterocycles. The van der Waals surface area contributed by atoms with Crippen molar-refractivity contribution < 1.29 is 4.79 Å². The van der Waals surface area contributed by atoms with E-state index in [-0.39, 0.29) is 11.7 Å². The molecule has 0 rings (SSSR count). The van der Waals surface area contributed by atoms with Crippen molar-refractivity contribution >= 4 is 5.78 Å². The van der Waals surface area contributed by atoms with Crippen LogP contribution in [0.2, 0.25) is 0 Å². The highest BCUT2D eigenvalue weighted by atomic mass is 16.1. The third kappa shape index (κ3) is 5.67. The Morgan fingerprint density at radius 3 is 2.29 bits per heavy atom. The lowest BCUT2D eigenvalue weighted by molar-refractivity contribution is -0.117. The van der Waals surface area contributed by atoms with Crippen LogP contribution >= 0.6 is 0 Å². The van der Waals surface area contributed by atoms with Gasteiger partial charge in [-0.1, -0.05) is 13.8 Å². The number of carbonyl (C=O) groups excluding carboxylic acids is 1. The Hall–Kier alpha value is -0.330. The second-order valence-corrected chi connectivity index (χ2v) is 2.01. The molecular formula is C6H11O. The molecule has 0 bridgehead atoms. The van der Waals surface area contributed by atoms with E-state index in [0.717, 1.165) is 0 Å². The topological polar surface area (TPSA) is 17.1 Å². The van der Waals surface area contributed by atoms with E-state index >= 15 is 0 Å². The Bertz CT molecular complexity index is 64.6. The standard InChI is InChI=1S/C6H11O/c1-5(2)4-6(3)7/h5H,1,4H2,2-3H3. The highest BCUT2D eigenvalue weighted by Gasteiger charge is 1.95. The maximum absolute atomic E-state index is 10.2. The predicted molar refractivity (Wildman–Crippen MR) is 29.8 cm³/mol. The van der Waals surface area contributed by atoms with E-state index in [0.29, 0.717) is 6.42 Å². The van der Waals surface area contributed by atoms with Gasteiger partial charge in [-0.25, -0.2) is 0 Å². The quantitative estimate of drug-likeness (QED) is 0.512. The molecule has 0 saturated carbocycles. The van der Waals surface area contributed by atoms with Crippen LogP contribution in [0, 0.1) is 12.8 Å². The first kappa shape index (κ1) is 6.67. The van der Waals surface area contributed by atoms with Crippen LogP contribution < -0.4 is 0 Å². The van der Waals surface area contributed by atoms with E-state index in [1.165, 1.54) is 0 Å². The molecule has 1 radical (unpaired) electrons. The fraction of sp³-hybridized carbons (Fsp3) is 0.667. The Balaban J connectivity index is 3.13. The van der Waals surface area contributed by atoms with Gasteiger partial charge in [-0.3, -0.25) is 0 Å². The second kappa shape index (κ2) is 2.78. The van der Waals surface area contributed by atoms with Gasteiger partial charge >= 0.3 is 0 Å². The predicted octanol–water partition coefficient (Wildman–Crippen LogP) is 1.44. The summed E-state index contributed by atoms with van der Waals surface area (Å²) >= 11 is 0. The first-order valence-corrected chi connectivity index (χ1v) is 2.45. The van der Waals surface area contributed by atoms with Gasteiger partial charge in [0.2, 0.25) is 0 Å². The molecule has 1 atom stereocenters. The molecule has 0 aliphatic heterocycles. The molecule has 0 aromatic heterocycles. The van der Waals surface area contributed by atoms with Crippen molar-refractivity contribution in [1.82, 2.24) is 0 Å². The Morgan fingerprint density at radius 2 is 2.29 bits per heavy atom. The highest BCUT2D eigenvalue weighted by Crippen LogP contribution is 1.97. The number of ketones is 1. The summed E-state index contributed by atoms with van der Waals surface area (Å²) in [7, 11) is 0. The molecule has 0 aromatic rings. The van der Waals surface area contributed by atoms with Gasteiger partial charge in [-0.2, -0.15) is 0 Å². The van der Waals surface area contributed by atoms with Crippen LogP contribution in [0.5, 0.6) is 0 Å². The number of rotatable bonds is 2. The Morgan fingerprint density at radius 1 is 1.86 bits per heavy atom. The van der Waals surface area contributed by atoms with Crippen LogP contribution in [0.15, 0.2) is 0 Å². The van der Waals surface area contributed by atoms with Crippen LogP contribution in [0.25, 0.3) is 0 Å². The summed E-state index contributed by atoms with van der Waals surface area (Å²) in [6, 6.07) is 0. The number of hydrogen-bond acceptors (Lipinski definition) is 1. The minimum Gasteiger partial charge on any atom is -0.300 e. The molecule has 0 aromatic carbocycles. The van der Waals surface area contributed by atoms with Gasteiger partial charge in [-0.15, -0.1) is 0 Å². The number of carbonyl (C=O) groups is 1. The second-order valence-electron chi connectivity index (χ2n) is 2.01. The maximum Gasteiger partial charge on any atom is 0.130 e. The van der Waals surface area contributed by atoms with Crippen LogP contribution in [0.1, 0.15) is 20.3 Å². The lowest BCUT2D eigenvalue weighted by Crippen LogP contribution is -1.95. The van der Waals surface area contributed by atoms with Crippen molar-refractivity contribution in [3.63, 3.8) is 0 Å². The number of Topliss-reactive ketones (excluding diaryl/α,β-unsaturated/α-hetero) is 1. The summed E-state index contributed by atoms with van der Waals surface area (Å²) in [5.74, 6) is 0.500. The Kier molecular flexibility index (Phi) is 2.65. The molecule has 7 heavy (non-hydrogen) atoms. The van der Waals surface area contributed by atoms with Crippen molar-refractivity contribution in [2.75, 3.05) is 0 Å². The van der Waals surface area contributed by atoms with Gasteiger partial charge in [0.1, 0.15) is 5.78 Å². The summed E-state index contributed by atoms with van der Waals surface area (Å²) in [6.07, 6.45) is 0.611. The van der Waals surface area contributed by atoms with Crippen molar-refractivity contribution in [2.45, 2.75) is 20.3 Å². The summed E-state index contributed by atoms with van der Waals surface area (Å²) < 4.78 is 0. The zero-order valence-electron chi connectivity index (χ0n) is 4.90. The van der Waals surface area contributed by atoms with Gasteiger partial charge in [0.25, 0.3) is 0 Å². The largest absolute Gasteiger partial charge is 0.300 e. The zero-order chi connectivity index (χ0) is 5.86. The van der Waals surface area contributed by atoms with E-state index in [2.05, 4.69) is 6.92 Å². The van der Waals surface area contributed by atoms with Crippen molar-refractivity contribution in [2.24, 2.45) is 5.92 Å². The summed E-state index contributed by atoms with van der Waals surface area (Å²) in [5.41, 5.74) is 0. The molecule has 1 unspecified atom stereocenters. The fourth-order valence-electron chi connectivity index (χ4n) is 0.491. The van der Waals surface area contributed by atoms with Gasteiger partial charge < -0.3 is 4.79 Å². The van der Waals surface area contributed by atoms with E-state index in [1.54, 1.807) is 6.92 Å². The van der Waals surface area contributed by atoms with Crippen LogP contribution in [-0.4, -0.2) is 5.78 Å². The minimum atomic E-state index is 0.225. The molecule has 0 aliphatic rings. The van der Waals surface area contributed by atoms with E-state index < -0.39 is 0 Å². The SMILES string of the molecule is [CH2]C(C)CC(C)=O. The molecule has 0 amide bonds.